The third-order valence-corrected chi connectivity index (χ3v) is 4.23. The van der Waals surface area contributed by atoms with Crippen LogP contribution >= 0.6 is 0 Å². The Hall–Kier alpha value is -2.57. The molecule has 2 aromatic rings. The molecule has 0 aliphatic carbocycles. The lowest BCUT2D eigenvalue weighted by Crippen LogP contribution is -2.47. The molecule has 0 saturated carbocycles. The first-order valence-corrected chi connectivity index (χ1v) is 9.31. The number of methoxy groups -OCH3 is 1. The summed E-state index contributed by atoms with van der Waals surface area (Å²) < 4.78 is 7.94. The number of hydrogen-bond donors (Lipinski definition) is 1. The summed E-state index contributed by atoms with van der Waals surface area (Å²) >= 11 is 0. The van der Waals surface area contributed by atoms with E-state index in [1.165, 1.54) is 7.11 Å². The molecule has 0 unspecified atom stereocenters. The minimum Gasteiger partial charge on any atom is -0.495 e. The molecule has 0 bridgehead atoms. The fourth-order valence-corrected chi connectivity index (χ4v) is 3.08. The van der Waals surface area contributed by atoms with Gasteiger partial charge in [-0.1, -0.05) is 25.8 Å². The average Bonchev–Trinajstić information content (AvgIpc) is 2.59. The van der Waals surface area contributed by atoms with E-state index in [4.69, 9.17) is 4.74 Å². The van der Waals surface area contributed by atoms with Gasteiger partial charge in [-0.05, 0) is 39.3 Å². The molecule has 7 nitrogen and oxygen atoms in total. The molecule has 2 rings (SSSR count). The predicted octanol–water partition coefficient (Wildman–Crippen LogP) is 2.28. The first-order valence-electron chi connectivity index (χ1n) is 9.31. The Bertz CT molecular complexity index is 935. The smallest absolute Gasteiger partial charge is 0.332 e. The van der Waals surface area contributed by atoms with Gasteiger partial charge in [0.15, 0.2) is 0 Å². The van der Waals surface area contributed by atoms with Crippen LogP contribution in [-0.4, -0.2) is 27.7 Å². The number of carbonyl (C=O) groups excluding carboxylic acids is 1. The first-order chi connectivity index (χ1) is 12.7. The molecule has 1 heterocycles. The average molecular weight is 375 g/mol. The molecule has 148 valence electrons. The number of fused-ring (bicyclic) bond motifs is 1. The van der Waals surface area contributed by atoms with Crippen molar-refractivity contribution in [2.24, 2.45) is 0 Å². The summed E-state index contributed by atoms with van der Waals surface area (Å²) in [6.07, 6.45) is 2.78. The zero-order valence-electron chi connectivity index (χ0n) is 16.8. The van der Waals surface area contributed by atoms with Crippen LogP contribution in [0.1, 0.15) is 47.0 Å². The van der Waals surface area contributed by atoms with E-state index in [0.29, 0.717) is 23.2 Å². The van der Waals surface area contributed by atoms with E-state index in [1.807, 2.05) is 20.8 Å². The highest BCUT2D eigenvalue weighted by molar-refractivity contribution is 5.84. The van der Waals surface area contributed by atoms with Crippen LogP contribution in [-0.2, 0) is 17.9 Å². The molecule has 0 atom stereocenters. The Balaban J connectivity index is 2.63. The summed E-state index contributed by atoms with van der Waals surface area (Å²) in [6.45, 7) is 7.78. The summed E-state index contributed by atoms with van der Waals surface area (Å²) in [5.74, 6) is 0.105. The van der Waals surface area contributed by atoms with Crippen molar-refractivity contribution in [3.63, 3.8) is 0 Å². The molecule has 0 fully saturated rings. The van der Waals surface area contributed by atoms with Gasteiger partial charge in [0.2, 0.25) is 5.91 Å². The number of carbonyl (C=O) groups is 1. The van der Waals surface area contributed by atoms with Crippen molar-refractivity contribution in [1.29, 1.82) is 0 Å². The highest BCUT2D eigenvalue weighted by Crippen LogP contribution is 2.22. The van der Waals surface area contributed by atoms with E-state index in [2.05, 4.69) is 12.2 Å². The Morgan fingerprint density at radius 2 is 1.85 bits per heavy atom. The molecule has 1 aromatic heterocycles. The van der Waals surface area contributed by atoms with Crippen molar-refractivity contribution in [2.45, 2.75) is 65.6 Å². The van der Waals surface area contributed by atoms with Gasteiger partial charge in [-0.2, -0.15) is 0 Å². The second-order valence-electron chi connectivity index (χ2n) is 7.69. The highest BCUT2D eigenvalue weighted by Gasteiger charge is 2.20. The zero-order valence-corrected chi connectivity index (χ0v) is 16.8. The van der Waals surface area contributed by atoms with Crippen molar-refractivity contribution in [2.75, 3.05) is 7.11 Å². The van der Waals surface area contributed by atoms with Crippen LogP contribution in [0.25, 0.3) is 10.9 Å². The second kappa shape index (κ2) is 8.41. The van der Waals surface area contributed by atoms with E-state index < -0.39 is 16.8 Å². The van der Waals surface area contributed by atoms with E-state index in [1.54, 1.807) is 22.8 Å². The van der Waals surface area contributed by atoms with Gasteiger partial charge in [0.1, 0.15) is 17.8 Å². The van der Waals surface area contributed by atoms with E-state index in [-0.39, 0.29) is 12.5 Å². The monoisotopic (exact) mass is 375 g/mol. The molecule has 1 N–H and O–H groups in total. The number of hydrogen-bond acceptors (Lipinski definition) is 4. The maximum absolute atomic E-state index is 13.1. The Kier molecular flexibility index (Phi) is 6.46. The van der Waals surface area contributed by atoms with Crippen LogP contribution < -0.4 is 21.3 Å². The molecule has 0 aliphatic heterocycles. The van der Waals surface area contributed by atoms with Gasteiger partial charge in [-0.25, -0.2) is 4.79 Å². The topological polar surface area (TPSA) is 82.3 Å². The normalized spacial score (nSPS) is 11.6. The van der Waals surface area contributed by atoms with Crippen molar-refractivity contribution >= 4 is 16.8 Å². The van der Waals surface area contributed by atoms with Crippen LogP contribution in [0.2, 0.25) is 0 Å². The molecule has 7 heteroatoms. The highest BCUT2D eigenvalue weighted by atomic mass is 16.5. The summed E-state index contributed by atoms with van der Waals surface area (Å²) in [5, 5.41) is 3.16. The number of benzene rings is 1. The maximum Gasteiger partial charge on any atom is 0.332 e. The molecule has 1 aromatic carbocycles. The largest absolute Gasteiger partial charge is 0.495 e. The van der Waals surface area contributed by atoms with Crippen molar-refractivity contribution in [3.05, 3.63) is 39.0 Å². The summed E-state index contributed by atoms with van der Waals surface area (Å²) in [4.78, 5) is 38.3. The third kappa shape index (κ3) is 4.78. The van der Waals surface area contributed by atoms with Gasteiger partial charge in [-0.15, -0.1) is 0 Å². The first kappa shape index (κ1) is 20.7. The van der Waals surface area contributed by atoms with Crippen molar-refractivity contribution in [1.82, 2.24) is 14.5 Å². The van der Waals surface area contributed by atoms with Crippen LogP contribution in [0.4, 0.5) is 0 Å². The minimum atomic E-state index is -0.489. The van der Waals surface area contributed by atoms with Crippen LogP contribution in [0.3, 0.4) is 0 Å². The lowest BCUT2D eigenvalue weighted by molar-refractivity contribution is -0.123. The van der Waals surface area contributed by atoms with Gasteiger partial charge in [-0.3, -0.25) is 18.7 Å². The van der Waals surface area contributed by atoms with E-state index in [9.17, 15) is 14.4 Å². The number of aromatic nitrogens is 2. The number of amides is 1. The Morgan fingerprint density at radius 1 is 1.15 bits per heavy atom. The number of para-hydroxylation sites is 1. The Morgan fingerprint density at radius 3 is 2.44 bits per heavy atom. The number of nitrogens with one attached hydrogen (secondary N) is 1. The van der Waals surface area contributed by atoms with Gasteiger partial charge in [0.25, 0.3) is 5.56 Å². The molecular formula is C20H29N3O4. The fraction of sp³-hybridized carbons (Fsp3) is 0.550. The Labute approximate surface area is 158 Å². The number of rotatable bonds is 7. The molecule has 0 aliphatic rings. The second-order valence-corrected chi connectivity index (χ2v) is 7.69. The number of aryl methyl sites for hydroxylation is 1. The molecule has 0 saturated heterocycles. The zero-order chi connectivity index (χ0) is 20.2. The van der Waals surface area contributed by atoms with Crippen LogP contribution in [0.5, 0.6) is 5.75 Å². The quantitative estimate of drug-likeness (QED) is 0.753. The molecule has 0 radical (unpaired) electrons. The maximum atomic E-state index is 13.1. The molecule has 0 spiro atoms. The lowest BCUT2D eigenvalue weighted by atomic mass is 10.1. The third-order valence-electron chi connectivity index (χ3n) is 4.23. The van der Waals surface area contributed by atoms with Crippen molar-refractivity contribution in [3.8, 4) is 5.75 Å². The lowest BCUT2D eigenvalue weighted by Gasteiger charge is -2.21. The minimum absolute atomic E-state index is 0.310. The standard InChI is InChI=1S/C20H29N3O4/c1-6-7-8-12-22-17-14(10-9-11-15(17)27-5)18(25)23(19(22)26)13-16(24)21-20(2,3)4/h9-11H,6-8,12-13H2,1-5H3,(H,21,24). The summed E-state index contributed by atoms with van der Waals surface area (Å²) in [6, 6.07) is 5.10. The molecule has 27 heavy (non-hydrogen) atoms. The van der Waals surface area contributed by atoms with E-state index >= 15 is 0 Å². The predicted molar refractivity (Wildman–Crippen MR) is 106 cm³/mol. The van der Waals surface area contributed by atoms with E-state index in [0.717, 1.165) is 23.8 Å². The van der Waals surface area contributed by atoms with Gasteiger partial charge in [0, 0.05) is 12.1 Å². The van der Waals surface area contributed by atoms with Gasteiger partial charge >= 0.3 is 5.69 Å². The van der Waals surface area contributed by atoms with Gasteiger partial charge < -0.3 is 10.1 Å². The molecular weight excluding hydrogens is 346 g/mol. The summed E-state index contributed by atoms with van der Waals surface area (Å²) in [7, 11) is 1.51. The van der Waals surface area contributed by atoms with Gasteiger partial charge in [0.05, 0.1) is 12.5 Å². The van der Waals surface area contributed by atoms with Crippen molar-refractivity contribution < 1.29 is 9.53 Å². The van der Waals surface area contributed by atoms with Crippen LogP contribution in [0, 0.1) is 0 Å². The number of nitrogens with zero attached hydrogens (tertiary/aromatic N) is 2. The molecule has 1 amide bonds. The SMILES string of the molecule is CCCCCn1c(=O)n(CC(=O)NC(C)(C)C)c(=O)c2cccc(OC)c21. The fourth-order valence-electron chi connectivity index (χ4n) is 3.08. The number of unbranched alkanes of at least 4 members (excludes halogenated alkanes) is 2. The number of ether oxygens (including phenoxy) is 1. The summed E-state index contributed by atoms with van der Waals surface area (Å²) in [5.41, 5.74) is -0.929. The van der Waals surface area contributed by atoms with Crippen LogP contribution in [0.15, 0.2) is 27.8 Å².